The van der Waals surface area contributed by atoms with Crippen molar-refractivity contribution >= 4 is 34.6 Å². The van der Waals surface area contributed by atoms with Gasteiger partial charge in [-0.1, -0.05) is 17.7 Å². The highest BCUT2D eigenvalue weighted by atomic mass is 35.5. The van der Waals surface area contributed by atoms with Gasteiger partial charge in [0, 0.05) is 19.7 Å². The van der Waals surface area contributed by atoms with Crippen LogP contribution in [0, 0.1) is 0 Å². The second-order valence-electron chi connectivity index (χ2n) is 6.32. The molecule has 7 nitrogen and oxygen atoms in total. The molecule has 0 aromatic heterocycles. The number of anilines is 2. The summed E-state index contributed by atoms with van der Waals surface area (Å²) in [5, 5.41) is 7.61. The Morgan fingerprint density at radius 2 is 1.89 bits per heavy atom. The van der Waals surface area contributed by atoms with E-state index in [9.17, 15) is 4.79 Å². The Balaban J connectivity index is 2.27. The third-order valence-corrected chi connectivity index (χ3v) is 4.23. The molecule has 0 heterocycles. The molecule has 2 N–H and O–H groups in total. The van der Waals surface area contributed by atoms with E-state index in [4.69, 9.17) is 26.9 Å². The van der Waals surface area contributed by atoms with E-state index in [2.05, 4.69) is 5.10 Å². The van der Waals surface area contributed by atoms with Gasteiger partial charge in [0.1, 0.15) is 18.1 Å². The number of halogens is 1. The number of carbonyl (C=O) groups is 1. The van der Waals surface area contributed by atoms with Crippen LogP contribution in [0.5, 0.6) is 11.5 Å². The normalized spacial score (nSPS) is 10.2. The number of nitrogens with zero attached hydrogens (tertiary/aromatic N) is 3. The zero-order valence-corrected chi connectivity index (χ0v) is 17.4. The summed E-state index contributed by atoms with van der Waals surface area (Å²) in [5.41, 5.74) is 2.92. The van der Waals surface area contributed by atoms with Gasteiger partial charge in [0.2, 0.25) is 5.91 Å². The van der Waals surface area contributed by atoms with E-state index in [1.165, 1.54) is 6.92 Å². The Morgan fingerprint density at radius 3 is 2.46 bits per heavy atom. The number of hydrogen-bond donors (Lipinski definition) is 1. The highest BCUT2D eigenvalue weighted by Crippen LogP contribution is 2.33. The van der Waals surface area contributed by atoms with Crippen molar-refractivity contribution in [2.24, 2.45) is 10.9 Å². The van der Waals surface area contributed by atoms with Crippen molar-refractivity contribution in [2.45, 2.75) is 27.4 Å². The van der Waals surface area contributed by atoms with Crippen molar-refractivity contribution in [1.82, 2.24) is 0 Å². The van der Waals surface area contributed by atoms with Gasteiger partial charge in [-0.2, -0.15) is 5.10 Å². The predicted molar refractivity (Wildman–Crippen MR) is 113 cm³/mol. The minimum absolute atomic E-state index is 0.126. The summed E-state index contributed by atoms with van der Waals surface area (Å²) in [5.74, 6) is 6.65. The number of benzene rings is 2. The van der Waals surface area contributed by atoms with Gasteiger partial charge in [-0.3, -0.25) is 9.80 Å². The molecule has 2 rings (SSSR count). The van der Waals surface area contributed by atoms with Gasteiger partial charge in [-0.15, -0.1) is 0 Å². The molecule has 0 saturated heterocycles. The first kappa shape index (κ1) is 21.5. The number of methoxy groups -OCH3 is 1. The lowest BCUT2D eigenvalue weighted by Gasteiger charge is -2.21. The van der Waals surface area contributed by atoms with Crippen LogP contribution in [0.2, 0.25) is 5.02 Å². The molecule has 0 bridgehead atoms. The minimum atomic E-state index is -0.299. The highest BCUT2D eigenvalue weighted by Gasteiger charge is 2.17. The van der Waals surface area contributed by atoms with Crippen molar-refractivity contribution in [1.29, 1.82) is 0 Å². The summed E-state index contributed by atoms with van der Waals surface area (Å²) >= 11 is 6.38. The molecule has 2 aromatic rings. The Labute approximate surface area is 170 Å². The van der Waals surface area contributed by atoms with E-state index in [1.54, 1.807) is 42.5 Å². The Kier molecular flexibility index (Phi) is 7.25. The van der Waals surface area contributed by atoms with E-state index in [0.29, 0.717) is 27.8 Å². The quantitative estimate of drug-likeness (QED) is 0.326. The van der Waals surface area contributed by atoms with E-state index in [-0.39, 0.29) is 12.5 Å². The van der Waals surface area contributed by atoms with E-state index < -0.39 is 0 Å². The second kappa shape index (κ2) is 9.43. The average molecular weight is 405 g/mol. The number of nitrogens with two attached hydrogens (primary N) is 1. The topological polar surface area (TPSA) is 80.4 Å². The molecule has 8 heteroatoms. The number of hydrogen-bond acceptors (Lipinski definition) is 6. The summed E-state index contributed by atoms with van der Waals surface area (Å²) in [4.78, 5) is 11.7. The molecular formula is C20H25ClN4O3. The van der Waals surface area contributed by atoms with Crippen LogP contribution in [0.4, 0.5) is 11.4 Å². The number of hydrazine groups is 1. The number of hydrazone groups is 1. The zero-order valence-electron chi connectivity index (χ0n) is 16.7. The van der Waals surface area contributed by atoms with E-state index in [1.807, 2.05) is 27.0 Å². The average Bonchev–Trinajstić information content (AvgIpc) is 2.65. The predicted octanol–water partition coefficient (Wildman–Crippen LogP) is 3.99. The Morgan fingerprint density at radius 1 is 1.18 bits per heavy atom. The van der Waals surface area contributed by atoms with Gasteiger partial charge in [0.15, 0.2) is 0 Å². The fourth-order valence-electron chi connectivity index (χ4n) is 2.60. The molecule has 0 spiro atoms. The van der Waals surface area contributed by atoms with E-state index >= 15 is 0 Å². The fourth-order valence-corrected chi connectivity index (χ4v) is 2.83. The summed E-state index contributed by atoms with van der Waals surface area (Å²) in [7, 11) is 3.39. The van der Waals surface area contributed by atoms with Gasteiger partial charge >= 0.3 is 0 Å². The number of ether oxygens (including phenoxy) is 2. The van der Waals surface area contributed by atoms with Gasteiger partial charge in [-0.25, -0.2) is 10.9 Å². The SMILES string of the molecule is COc1cccc(N(N)C(C)=O)c1COc1ccc(N(C)N=C(C)C)cc1Cl. The van der Waals surface area contributed by atoms with Crippen LogP contribution in [0.3, 0.4) is 0 Å². The van der Waals surface area contributed by atoms with Gasteiger partial charge < -0.3 is 9.47 Å². The fraction of sp³-hybridized carbons (Fsp3) is 0.300. The van der Waals surface area contributed by atoms with Crippen molar-refractivity contribution in [3.8, 4) is 11.5 Å². The highest BCUT2D eigenvalue weighted by molar-refractivity contribution is 6.32. The lowest BCUT2D eigenvalue weighted by atomic mass is 10.1. The Hall–Kier alpha value is -2.77. The van der Waals surface area contributed by atoms with Crippen LogP contribution < -0.4 is 25.3 Å². The van der Waals surface area contributed by atoms with Crippen LogP contribution in [-0.2, 0) is 11.4 Å². The number of amides is 1. The summed E-state index contributed by atoms with van der Waals surface area (Å²) in [6.07, 6.45) is 0. The standard InChI is InChI=1S/C20H25ClN4O3/c1-13(2)23-24(4)15-9-10-20(17(21)11-15)28-12-16-18(25(22)14(3)26)7-6-8-19(16)27-5/h6-11H,12,22H2,1-5H3. The molecule has 0 aliphatic heterocycles. The second-order valence-corrected chi connectivity index (χ2v) is 6.73. The van der Waals surface area contributed by atoms with Crippen molar-refractivity contribution in [3.05, 3.63) is 47.0 Å². The molecule has 2 aromatic carbocycles. The first-order valence-corrected chi connectivity index (χ1v) is 9.01. The van der Waals surface area contributed by atoms with Crippen LogP contribution in [0.25, 0.3) is 0 Å². The molecule has 0 saturated carbocycles. The van der Waals surface area contributed by atoms with Crippen LogP contribution in [-0.4, -0.2) is 25.8 Å². The molecule has 150 valence electrons. The first-order valence-electron chi connectivity index (χ1n) is 8.63. The zero-order chi connectivity index (χ0) is 20.8. The number of carbonyl (C=O) groups excluding carboxylic acids is 1. The van der Waals surface area contributed by atoms with Gasteiger partial charge in [0.05, 0.1) is 29.1 Å². The van der Waals surface area contributed by atoms with Crippen molar-refractivity contribution in [2.75, 3.05) is 24.2 Å². The molecule has 0 atom stereocenters. The smallest absolute Gasteiger partial charge is 0.238 e. The third-order valence-electron chi connectivity index (χ3n) is 3.94. The molecule has 0 fully saturated rings. The lowest BCUT2D eigenvalue weighted by Crippen LogP contribution is -2.36. The monoisotopic (exact) mass is 404 g/mol. The molecule has 0 aliphatic carbocycles. The van der Waals surface area contributed by atoms with Crippen LogP contribution in [0.15, 0.2) is 41.5 Å². The minimum Gasteiger partial charge on any atom is -0.496 e. The van der Waals surface area contributed by atoms with Gasteiger partial charge in [0.25, 0.3) is 0 Å². The maximum Gasteiger partial charge on any atom is 0.238 e. The molecule has 0 radical (unpaired) electrons. The maximum atomic E-state index is 11.7. The largest absolute Gasteiger partial charge is 0.496 e. The summed E-state index contributed by atoms with van der Waals surface area (Å²) in [6, 6.07) is 10.7. The lowest BCUT2D eigenvalue weighted by molar-refractivity contribution is -0.116. The Bertz CT molecular complexity index is 882. The van der Waals surface area contributed by atoms with Crippen LogP contribution >= 0.6 is 11.6 Å². The molecule has 0 aliphatic rings. The molecule has 1 amide bonds. The molecule has 28 heavy (non-hydrogen) atoms. The summed E-state index contributed by atoms with van der Waals surface area (Å²) in [6.45, 7) is 5.35. The van der Waals surface area contributed by atoms with Crippen LogP contribution in [0.1, 0.15) is 26.3 Å². The number of rotatable bonds is 7. The maximum absolute atomic E-state index is 11.7. The van der Waals surface area contributed by atoms with Crippen molar-refractivity contribution in [3.63, 3.8) is 0 Å². The molecule has 0 unspecified atom stereocenters. The molecular weight excluding hydrogens is 380 g/mol. The van der Waals surface area contributed by atoms with Gasteiger partial charge in [-0.05, 0) is 44.2 Å². The van der Waals surface area contributed by atoms with Crippen molar-refractivity contribution < 1.29 is 14.3 Å². The first-order chi connectivity index (χ1) is 13.2. The third kappa shape index (κ3) is 5.15. The van der Waals surface area contributed by atoms with E-state index in [0.717, 1.165) is 16.4 Å². The summed E-state index contributed by atoms with van der Waals surface area (Å²) < 4.78 is 11.3.